The summed E-state index contributed by atoms with van der Waals surface area (Å²) in [5, 5.41) is 4.61. The zero-order valence-electron chi connectivity index (χ0n) is 15.9. The summed E-state index contributed by atoms with van der Waals surface area (Å²) in [6.07, 6.45) is 5.91. The van der Waals surface area contributed by atoms with Crippen molar-refractivity contribution in [1.29, 1.82) is 0 Å². The Kier molecular flexibility index (Phi) is 4.15. The van der Waals surface area contributed by atoms with Crippen molar-refractivity contribution in [3.8, 4) is 11.4 Å². The molecule has 2 aliphatic rings. The summed E-state index contributed by atoms with van der Waals surface area (Å²) in [7, 11) is 1.59. The highest BCUT2D eigenvalue weighted by Gasteiger charge is 2.42. The van der Waals surface area contributed by atoms with Gasteiger partial charge in [0.05, 0.1) is 25.0 Å². The molecule has 1 aromatic heterocycles. The number of benzene rings is 2. The quantitative estimate of drug-likeness (QED) is 0.674. The Morgan fingerprint density at radius 1 is 1.07 bits per heavy atom. The van der Waals surface area contributed by atoms with Crippen LogP contribution < -0.4 is 4.74 Å². The van der Waals surface area contributed by atoms with Crippen molar-refractivity contribution in [1.82, 2.24) is 14.7 Å². The Labute approximate surface area is 164 Å². The van der Waals surface area contributed by atoms with Crippen molar-refractivity contribution in [2.75, 3.05) is 7.11 Å². The molecule has 0 spiro atoms. The van der Waals surface area contributed by atoms with Gasteiger partial charge in [-0.25, -0.2) is 4.68 Å². The van der Waals surface area contributed by atoms with E-state index in [0.717, 1.165) is 31.4 Å². The number of rotatable bonds is 5. The van der Waals surface area contributed by atoms with Gasteiger partial charge in [-0.05, 0) is 48.9 Å². The first kappa shape index (κ1) is 17.0. The maximum atomic E-state index is 13.6. The molecule has 1 saturated carbocycles. The van der Waals surface area contributed by atoms with Crippen molar-refractivity contribution >= 4 is 5.91 Å². The lowest BCUT2D eigenvalue weighted by Crippen LogP contribution is -2.36. The number of hydrogen-bond donors (Lipinski definition) is 0. The fraction of sp³-hybridized carbons (Fsp3) is 0.304. The second-order valence-corrected chi connectivity index (χ2v) is 7.52. The third-order valence-corrected chi connectivity index (χ3v) is 5.74. The smallest absolute Gasteiger partial charge is 0.279 e. The molecule has 1 unspecified atom stereocenters. The predicted molar refractivity (Wildman–Crippen MR) is 107 cm³/mol. The van der Waals surface area contributed by atoms with Gasteiger partial charge in [0.15, 0.2) is 11.4 Å². The number of amides is 1. The van der Waals surface area contributed by atoms with Gasteiger partial charge in [-0.2, -0.15) is 5.10 Å². The van der Waals surface area contributed by atoms with Crippen LogP contribution in [0.25, 0.3) is 5.69 Å². The van der Waals surface area contributed by atoms with Gasteiger partial charge in [-0.3, -0.25) is 4.79 Å². The Morgan fingerprint density at radius 3 is 2.57 bits per heavy atom. The monoisotopic (exact) mass is 373 g/mol. The Balaban J connectivity index is 1.52. The van der Waals surface area contributed by atoms with E-state index in [4.69, 9.17) is 4.74 Å². The lowest BCUT2D eigenvalue weighted by atomic mass is 10.1. The second-order valence-electron chi connectivity index (χ2n) is 7.52. The second kappa shape index (κ2) is 6.82. The van der Waals surface area contributed by atoms with E-state index in [-0.39, 0.29) is 11.9 Å². The van der Waals surface area contributed by atoms with Crippen LogP contribution in [-0.4, -0.2) is 33.7 Å². The molecule has 3 aromatic rings. The minimum Gasteiger partial charge on any atom is -0.493 e. The van der Waals surface area contributed by atoms with Gasteiger partial charge in [0.1, 0.15) is 0 Å². The third-order valence-electron chi connectivity index (χ3n) is 5.74. The molecule has 5 heteroatoms. The van der Waals surface area contributed by atoms with Crippen LogP contribution >= 0.6 is 0 Å². The lowest BCUT2D eigenvalue weighted by molar-refractivity contribution is 0.0648. The molecular weight excluding hydrogens is 350 g/mol. The largest absolute Gasteiger partial charge is 0.493 e. The Morgan fingerprint density at radius 2 is 1.82 bits per heavy atom. The van der Waals surface area contributed by atoms with Crippen molar-refractivity contribution < 1.29 is 9.53 Å². The van der Waals surface area contributed by atoms with Crippen LogP contribution in [0.2, 0.25) is 0 Å². The molecule has 1 atom stereocenters. The maximum absolute atomic E-state index is 13.6. The van der Waals surface area contributed by atoms with Crippen LogP contribution in [0.3, 0.4) is 0 Å². The molecule has 0 aliphatic heterocycles. The van der Waals surface area contributed by atoms with Crippen LogP contribution in [0, 0.1) is 0 Å². The van der Waals surface area contributed by atoms with Gasteiger partial charge in [0, 0.05) is 6.04 Å². The number of hydrogen-bond acceptors (Lipinski definition) is 3. The predicted octanol–water partition coefficient (Wildman–Crippen LogP) is 4.17. The minimum atomic E-state index is -0.0317. The topological polar surface area (TPSA) is 47.4 Å². The van der Waals surface area contributed by atoms with E-state index in [1.165, 1.54) is 11.1 Å². The highest BCUT2D eigenvalue weighted by Crippen LogP contribution is 2.43. The van der Waals surface area contributed by atoms with Gasteiger partial charge in [0.2, 0.25) is 0 Å². The standard InChI is InChI=1S/C23H23N3O2/c1-28-21-15-25(17-8-3-2-4-9-17)24-22(21)23(27)26(18-12-13-18)20-14-11-16-7-5-6-10-19(16)20/h2-10,15,18,20H,11-14H2,1H3. The van der Waals surface area contributed by atoms with Gasteiger partial charge in [0.25, 0.3) is 5.91 Å². The van der Waals surface area contributed by atoms with Crippen molar-refractivity contribution in [2.45, 2.75) is 37.8 Å². The molecule has 0 N–H and O–H groups in total. The first-order valence-electron chi connectivity index (χ1n) is 9.86. The van der Waals surface area contributed by atoms with Crippen LogP contribution in [0.5, 0.6) is 5.75 Å². The molecule has 142 valence electrons. The number of fused-ring (bicyclic) bond motifs is 1. The number of aromatic nitrogens is 2. The van der Waals surface area contributed by atoms with Crippen LogP contribution in [0.15, 0.2) is 60.8 Å². The van der Waals surface area contributed by atoms with Gasteiger partial charge >= 0.3 is 0 Å². The van der Waals surface area contributed by atoms with E-state index >= 15 is 0 Å². The summed E-state index contributed by atoms with van der Waals surface area (Å²) in [4.78, 5) is 15.7. The number of ether oxygens (including phenoxy) is 1. The number of nitrogens with zero attached hydrogens (tertiary/aromatic N) is 3. The molecule has 5 nitrogen and oxygen atoms in total. The fourth-order valence-electron chi connectivity index (χ4n) is 4.23. The number of methoxy groups -OCH3 is 1. The first-order chi connectivity index (χ1) is 13.8. The zero-order valence-corrected chi connectivity index (χ0v) is 15.9. The van der Waals surface area contributed by atoms with Crippen LogP contribution in [0.1, 0.15) is 46.9 Å². The maximum Gasteiger partial charge on any atom is 0.279 e. The average molecular weight is 373 g/mol. The highest BCUT2D eigenvalue weighted by atomic mass is 16.5. The average Bonchev–Trinajstić information content (AvgIpc) is 3.33. The van der Waals surface area contributed by atoms with E-state index in [9.17, 15) is 4.79 Å². The van der Waals surface area contributed by atoms with Crippen molar-refractivity contribution in [2.24, 2.45) is 0 Å². The zero-order chi connectivity index (χ0) is 19.1. The van der Waals surface area contributed by atoms with E-state index in [1.54, 1.807) is 18.0 Å². The minimum absolute atomic E-state index is 0.0317. The lowest BCUT2D eigenvalue weighted by Gasteiger charge is -2.29. The summed E-state index contributed by atoms with van der Waals surface area (Å²) in [6.45, 7) is 0. The highest BCUT2D eigenvalue weighted by molar-refractivity contribution is 5.95. The molecule has 1 heterocycles. The van der Waals surface area contributed by atoms with Crippen molar-refractivity contribution in [3.05, 3.63) is 77.6 Å². The first-order valence-corrected chi connectivity index (χ1v) is 9.86. The molecule has 2 aromatic carbocycles. The number of para-hydroxylation sites is 1. The molecule has 0 radical (unpaired) electrons. The van der Waals surface area contributed by atoms with Crippen LogP contribution in [-0.2, 0) is 6.42 Å². The SMILES string of the molecule is COc1cn(-c2ccccc2)nc1C(=O)N(C1CC1)C1CCc2ccccc21. The molecule has 5 rings (SSSR count). The molecule has 1 fully saturated rings. The van der Waals surface area contributed by atoms with Gasteiger partial charge < -0.3 is 9.64 Å². The summed E-state index contributed by atoms with van der Waals surface area (Å²) >= 11 is 0. The molecular formula is C23H23N3O2. The van der Waals surface area contributed by atoms with Crippen LogP contribution in [0.4, 0.5) is 0 Å². The summed E-state index contributed by atoms with van der Waals surface area (Å²) in [5.41, 5.74) is 3.93. The molecule has 28 heavy (non-hydrogen) atoms. The summed E-state index contributed by atoms with van der Waals surface area (Å²) in [6, 6.07) is 18.7. The van der Waals surface area contributed by atoms with E-state index in [1.807, 2.05) is 30.3 Å². The van der Waals surface area contributed by atoms with E-state index < -0.39 is 0 Å². The Hall–Kier alpha value is -3.08. The van der Waals surface area contributed by atoms with Gasteiger partial charge in [-0.1, -0.05) is 42.5 Å². The number of carbonyl (C=O) groups is 1. The normalized spacial score (nSPS) is 18.0. The van der Waals surface area contributed by atoms with Gasteiger partial charge in [-0.15, -0.1) is 0 Å². The van der Waals surface area contributed by atoms with Crippen molar-refractivity contribution in [3.63, 3.8) is 0 Å². The van der Waals surface area contributed by atoms with E-state index in [2.05, 4.69) is 34.3 Å². The third kappa shape index (κ3) is 2.87. The van der Waals surface area contributed by atoms with E-state index in [0.29, 0.717) is 17.5 Å². The number of aryl methyl sites for hydroxylation is 1. The Bertz CT molecular complexity index is 1010. The fourth-order valence-corrected chi connectivity index (χ4v) is 4.23. The number of carbonyl (C=O) groups excluding carboxylic acids is 1. The summed E-state index contributed by atoms with van der Waals surface area (Å²) in [5.74, 6) is 0.488. The molecule has 0 saturated heterocycles. The summed E-state index contributed by atoms with van der Waals surface area (Å²) < 4.78 is 7.24. The molecule has 1 amide bonds. The molecule has 2 aliphatic carbocycles. The molecule has 0 bridgehead atoms.